The van der Waals surface area contributed by atoms with Crippen LogP contribution in [0, 0.1) is 0 Å². The molecule has 1 saturated heterocycles. The van der Waals surface area contributed by atoms with Gasteiger partial charge in [-0.05, 0) is 17.7 Å². The van der Waals surface area contributed by atoms with Crippen molar-refractivity contribution < 1.29 is 9.47 Å². The van der Waals surface area contributed by atoms with Crippen molar-refractivity contribution in [2.45, 2.75) is 32.5 Å². The Balaban J connectivity index is 1.93. The van der Waals surface area contributed by atoms with E-state index in [1.54, 1.807) is 7.11 Å². The summed E-state index contributed by atoms with van der Waals surface area (Å²) in [4.78, 5) is 2.50. The second-order valence-electron chi connectivity index (χ2n) is 5.61. The lowest BCUT2D eigenvalue weighted by atomic mass is 10.1. The summed E-state index contributed by atoms with van der Waals surface area (Å²) in [6, 6.07) is 9.30. The molecule has 1 aromatic carbocycles. The number of nitrogens with one attached hydrogen (secondary N) is 1. The molecule has 1 aliphatic rings. The molecule has 1 fully saturated rings. The first-order valence-corrected chi connectivity index (χ1v) is 7.37. The van der Waals surface area contributed by atoms with E-state index in [4.69, 9.17) is 9.47 Å². The van der Waals surface area contributed by atoms with E-state index < -0.39 is 0 Å². The van der Waals surface area contributed by atoms with E-state index in [1.807, 2.05) is 12.1 Å². The van der Waals surface area contributed by atoms with E-state index in [-0.39, 0.29) is 0 Å². The zero-order valence-corrected chi connectivity index (χ0v) is 12.8. The molecule has 0 saturated carbocycles. The number of nitrogens with zero attached hydrogens (tertiary/aromatic N) is 1. The largest absolute Gasteiger partial charge is 0.497 e. The minimum absolute atomic E-state index is 0.452. The van der Waals surface area contributed by atoms with Gasteiger partial charge < -0.3 is 14.8 Å². The fourth-order valence-corrected chi connectivity index (χ4v) is 2.42. The lowest BCUT2D eigenvalue weighted by Gasteiger charge is -2.36. The number of ether oxygens (including phenoxy) is 2. The Hall–Kier alpha value is -1.10. The Morgan fingerprint density at radius 3 is 2.75 bits per heavy atom. The number of methoxy groups -OCH3 is 1. The Morgan fingerprint density at radius 2 is 2.10 bits per heavy atom. The van der Waals surface area contributed by atoms with Crippen molar-refractivity contribution in [2.75, 3.05) is 33.4 Å². The van der Waals surface area contributed by atoms with Gasteiger partial charge in [-0.2, -0.15) is 0 Å². The summed E-state index contributed by atoms with van der Waals surface area (Å²) < 4.78 is 10.8. The summed E-state index contributed by atoms with van der Waals surface area (Å²) >= 11 is 0. The average Bonchev–Trinajstić information content (AvgIpc) is 2.47. The van der Waals surface area contributed by atoms with Gasteiger partial charge in [0.1, 0.15) is 5.75 Å². The SMILES string of the molecule is COc1ccc(CN2CCOCC2CNC(C)C)cc1. The van der Waals surface area contributed by atoms with Gasteiger partial charge in [0.05, 0.1) is 20.3 Å². The molecule has 1 unspecified atom stereocenters. The lowest BCUT2D eigenvalue weighted by Crippen LogP contribution is -2.50. The highest BCUT2D eigenvalue weighted by Crippen LogP contribution is 2.16. The summed E-state index contributed by atoms with van der Waals surface area (Å²) in [5.41, 5.74) is 1.32. The molecular formula is C16H26N2O2. The summed E-state index contributed by atoms with van der Waals surface area (Å²) in [5, 5.41) is 3.51. The van der Waals surface area contributed by atoms with Crippen molar-refractivity contribution in [3.63, 3.8) is 0 Å². The van der Waals surface area contributed by atoms with Crippen LogP contribution in [0.3, 0.4) is 0 Å². The van der Waals surface area contributed by atoms with Crippen molar-refractivity contribution in [3.05, 3.63) is 29.8 Å². The van der Waals surface area contributed by atoms with Crippen molar-refractivity contribution in [3.8, 4) is 5.75 Å². The molecule has 1 atom stereocenters. The number of benzene rings is 1. The van der Waals surface area contributed by atoms with Crippen LogP contribution in [0.2, 0.25) is 0 Å². The molecule has 1 aromatic rings. The summed E-state index contributed by atoms with van der Waals surface area (Å²) in [5.74, 6) is 0.911. The van der Waals surface area contributed by atoms with E-state index in [2.05, 4.69) is 36.2 Å². The van der Waals surface area contributed by atoms with Crippen LogP contribution in [-0.2, 0) is 11.3 Å². The van der Waals surface area contributed by atoms with Gasteiger partial charge in [0.15, 0.2) is 0 Å². The van der Waals surface area contributed by atoms with Crippen LogP contribution in [0.5, 0.6) is 5.75 Å². The van der Waals surface area contributed by atoms with Crippen LogP contribution in [-0.4, -0.2) is 50.4 Å². The Morgan fingerprint density at radius 1 is 1.35 bits per heavy atom. The van der Waals surface area contributed by atoms with Gasteiger partial charge in [0.2, 0.25) is 0 Å². The quantitative estimate of drug-likeness (QED) is 0.861. The summed E-state index contributed by atoms with van der Waals surface area (Å²) in [7, 11) is 1.70. The summed E-state index contributed by atoms with van der Waals surface area (Å²) in [6.07, 6.45) is 0. The molecule has 0 amide bonds. The number of rotatable bonds is 6. The fourth-order valence-electron chi connectivity index (χ4n) is 2.42. The highest BCUT2D eigenvalue weighted by molar-refractivity contribution is 5.27. The molecule has 0 radical (unpaired) electrons. The predicted octanol–water partition coefficient (Wildman–Crippen LogP) is 1.89. The number of morpholine rings is 1. The Labute approximate surface area is 122 Å². The van der Waals surface area contributed by atoms with Gasteiger partial charge in [-0.15, -0.1) is 0 Å². The first-order chi connectivity index (χ1) is 9.69. The van der Waals surface area contributed by atoms with E-state index in [1.165, 1.54) is 5.56 Å². The maximum Gasteiger partial charge on any atom is 0.118 e. The van der Waals surface area contributed by atoms with Crippen molar-refractivity contribution in [1.29, 1.82) is 0 Å². The third-order valence-electron chi connectivity index (χ3n) is 3.66. The van der Waals surface area contributed by atoms with E-state index in [0.717, 1.165) is 38.6 Å². The van der Waals surface area contributed by atoms with Gasteiger partial charge in [0, 0.05) is 31.7 Å². The molecule has 1 N–H and O–H groups in total. The molecule has 2 rings (SSSR count). The second-order valence-corrected chi connectivity index (χ2v) is 5.61. The average molecular weight is 278 g/mol. The molecule has 0 bridgehead atoms. The third-order valence-corrected chi connectivity index (χ3v) is 3.66. The molecule has 20 heavy (non-hydrogen) atoms. The normalized spacial score (nSPS) is 20.3. The van der Waals surface area contributed by atoms with Crippen LogP contribution in [0.15, 0.2) is 24.3 Å². The molecule has 0 aliphatic carbocycles. The van der Waals surface area contributed by atoms with E-state index >= 15 is 0 Å². The molecule has 4 nitrogen and oxygen atoms in total. The predicted molar refractivity (Wildman–Crippen MR) is 81.1 cm³/mol. The number of hydrogen-bond acceptors (Lipinski definition) is 4. The van der Waals surface area contributed by atoms with Crippen LogP contribution >= 0.6 is 0 Å². The third kappa shape index (κ3) is 4.47. The Bertz CT molecular complexity index is 392. The first kappa shape index (κ1) is 15.3. The molecule has 1 heterocycles. The van der Waals surface area contributed by atoms with E-state index in [9.17, 15) is 0 Å². The van der Waals surface area contributed by atoms with Gasteiger partial charge in [-0.3, -0.25) is 4.90 Å². The fraction of sp³-hybridized carbons (Fsp3) is 0.625. The zero-order chi connectivity index (χ0) is 14.4. The maximum absolute atomic E-state index is 5.62. The van der Waals surface area contributed by atoms with Crippen LogP contribution in [0.4, 0.5) is 0 Å². The first-order valence-electron chi connectivity index (χ1n) is 7.37. The molecule has 4 heteroatoms. The maximum atomic E-state index is 5.62. The van der Waals surface area contributed by atoms with Crippen molar-refractivity contribution in [2.24, 2.45) is 0 Å². The lowest BCUT2D eigenvalue weighted by molar-refractivity contribution is -0.0114. The van der Waals surface area contributed by atoms with Gasteiger partial charge in [-0.1, -0.05) is 26.0 Å². The van der Waals surface area contributed by atoms with Crippen molar-refractivity contribution in [1.82, 2.24) is 10.2 Å². The zero-order valence-electron chi connectivity index (χ0n) is 12.8. The molecule has 0 aromatic heterocycles. The molecule has 1 aliphatic heterocycles. The molecular weight excluding hydrogens is 252 g/mol. The second kappa shape index (κ2) is 7.62. The van der Waals surface area contributed by atoms with Crippen molar-refractivity contribution >= 4 is 0 Å². The highest BCUT2D eigenvalue weighted by Gasteiger charge is 2.22. The molecule has 112 valence electrons. The van der Waals surface area contributed by atoms with Crippen LogP contribution in [0.25, 0.3) is 0 Å². The van der Waals surface area contributed by atoms with Gasteiger partial charge in [0.25, 0.3) is 0 Å². The highest BCUT2D eigenvalue weighted by atomic mass is 16.5. The number of hydrogen-bond donors (Lipinski definition) is 1. The van der Waals surface area contributed by atoms with Crippen LogP contribution < -0.4 is 10.1 Å². The minimum Gasteiger partial charge on any atom is -0.497 e. The monoisotopic (exact) mass is 278 g/mol. The van der Waals surface area contributed by atoms with E-state index in [0.29, 0.717) is 12.1 Å². The van der Waals surface area contributed by atoms with Crippen LogP contribution in [0.1, 0.15) is 19.4 Å². The standard InChI is InChI=1S/C16H26N2O2/c1-13(2)17-10-15-12-20-9-8-18(15)11-14-4-6-16(19-3)7-5-14/h4-7,13,15,17H,8-12H2,1-3H3. The van der Waals surface area contributed by atoms with Gasteiger partial charge >= 0.3 is 0 Å². The smallest absolute Gasteiger partial charge is 0.118 e. The topological polar surface area (TPSA) is 33.7 Å². The minimum atomic E-state index is 0.452. The van der Waals surface area contributed by atoms with Gasteiger partial charge in [-0.25, -0.2) is 0 Å². The Kier molecular flexibility index (Phi) is 5.83. The summed E-state index contributed by atoms with van der Waals surface area (Å²) in [6.45, 7) is 8.95. The molecule has 0 spiro atoms.